The number of carbonyl (C=O) groups excluding carboxylic acids is 1. The van der Waals surface area contributed by atoms with Crippen LogP contribution in [0.4, 0.5) is 0 Å². The topological polar surface area (TPSA) is 20.3 Å². The summed E-state index contributed by atoms with van der Waals surface area (Å²) in [6, 6.07) is 0. The van der Waals surface area contributed by atoms with Gasteiger partial charge in [-0.2, -0.15) is 0 Å². The normalized spacial score (nSPS) is 10.1. The van der Waals surface area contributed by atoms with Gasteiger partial charge in [-0.05, 0) is 20.5 Å². The van der Waals surface area contributed by atoms with Crippen molar-refractivity contribution in [2.24, 2.45) is 0 Å². The molecule has 0 N–H and O–H groups in total. The molecular formula is C12H26ClNO. The van der Waals surface area contributed by atoms with Gasteiger partial charge in [0.15, 0.2) is 0 Å². The Labute approximate surface area is 101 Å². The Hall–Kier alpha value is -0.0800. The Morgan fingerprint density at radius 1 is 1.00 bits per heavy atom. The Kier molecular flexibility index (Phi) is 13.8. The molecule has 15 heavy (non-hydrogen) atoms. The SMILES string of the molecule is CCCCCCCC(=O)CCN(C)C.Cl. The minimum absolute atomic E-state index is 0. The zero-order chi connectivity index (χ0) is 10.8. The molecule has 0 spiro atoms. The highest BCUT2D eigenvalue weighted by Crippen LogP contribution is 2.06. The monoisotopic (exact) mass is 235 g/mol. The van der Waals surface area contributed by atoms with E-state index in [4.69, 9.17) is 0 Å². The summed E-state index contributed by atoms with van der Waals surface area (Å²) in [6.07, 6.45) is 7.70. The fourth-order valence-corrected chi connectivity index (χ4v) is 1.40. The third-order valence-electron chi connectivity index (χ3n) is 2.40. The third-order valence-corrected chi connectivity index (χ3v) is 2.40. The lowest BCUT2D eigenvalue weighted by Gasteiger charge is -2.07. The van der Waals surface area contributed by atoms with Gasteiger partial charge in [-0.25, -0.2) is 0 Å². The quantitative estimate of drug-likeness (QED) is 0.572. The van der Waals surface area contributed by atoms with Crippen LogP contribution in [-0.4, -0.2) is 31.3 Å². The molecule has 3 heteroatoms. The molecule has 0 bridgehead atoms. The van der Waals surface area contributed by atoms with E-state index < -0.39 is 0 Å². The predicted molar refractivity (Wildman–Crippen MR) is 68.8 cm³/mol. The van der Waals surface area contributed by atoms with Crippen molar-refractivity contribution in [3.05, 3.63) is 0 Å². The molecule has 0 heterocycles. The smallest absolute Gasteiger partial charge is 0.134 e. The maximum Gasteiger partial charge on any atom is 0.134 e. The summed E-state index contributed by atoms with van der Waals surface area (Å²) in [5, 5.41) is 0. The molecule has 0 aromatic heterocycles. The van der Waals surface area contributed by atoms with Crippen molar-refractivity contribution in [2.45, 2.75) is 51.9 Å². The molecule has 92 valence electrons. The summed E-state index contributed by atoms with van der Waals surface area (Å²) in [5.41, 5.74) is 0. The average Bonchev–Trinajstić information content (AvgIpc) is 2.14. The molecule has 0 amide bonds. The fraction of sp³-hybridized carbons (Fsp3) is 0.917. The van der Waals surface area contributed by atoms with Gasteiger partial charge in [0.2, 0.25) is 0 Å². The highest BCUT2D eigenvalue weighted by Gasteiger charge is 2.01. The van der Waals surface area contributed by atoms with Crippen LogP contribution < -0.4 is 0 Å². The van der Waals surface area contributed by atoms with Gasteiger partial charge in [0, 0.05) is 19.4 Å². The molecule has 0 aliphatic carbocycles. The molecule has 0 aliphatic heterocycles. The number of unbranched alkanes of at least 4 members (excludes halogenated alkanes) is 4. The first kappa shape index (κ1) is 17.3. The lowest BCUT2D eigenvalue weighted by molar-refractivity contribution is -0.119. The lowest BCUT2D eigenvalue weighted by atomic mass is 10.1. The van der Waals surface area contributed by atoms with E-state index in [0.717, 1.165) is 25.8 Å². The molecule has 0 fully saturated rings. The van der Waals surface area contributed by atoms with Gasteiger partial charge in [-0.15, -0.1) is 12.4 Å². The summed E-state index contributed by atoms with van der Waals surface area (Å²) < 4.78 is 0. The van der Waals surface area contributed by atoms with Crippen molar-refractivity contribution < 1.29 is 4.79 Å². The second kappa shape index (κ2) is 12.0. The van der Waals surface area contributed by atoms with E-state index >= 15 is 0 Å². The van der Waals surface area contributed by atoms with Gasteiger partial charge in [-0.3, -0.25) is 4.79 Å². The summed E-state index contributed by atoms with van der Waals surface area (Å²) >= 11 is 0. The van der Waals surface area contributed by atoms with E-state index in [1.807, 2.05) is 14.1 Å². The van der Waals surface area contributed by atoms with Crippen molar-refractivity contribution >= 4 is 18.2 Å². The number of hydrogen-bond donors (Lipinski definition) is 0. The number of rotatable bonds is 9. The first-order chi connectivity index (χ1) is 6.66. The summed E-state index contributed by atoms with van der Waals surface area (Å²) in [6.45, 7) is 3.11. The standard InChI is InChI=1S/C12H25NO.ClH/c1-4-5-6-7-8-9-12(14)10-11-13(2)3;/h4-11H2,1-3H3;1H. The van der Waals surface area contributed by atoms with E-state index in [0.29, 0.717) is 5.78 Å². The molecule has 0 aromatic rings. The first-order valence-corrected chi connectivity index (χ1v) is 5.83. The fourth-order valence-electron chi connectivity index (χ4n) is 1.40. The van der Waals surface area contributed by atoms with Gasteiger partial charge in [0.05, 0.1) is 0 Å². The second-order valence-corrected chi connectivity index (χ2v) is 4.26. The van der Waals surface area contributed by atoms with Gasteiger partial charge in [0.25, 0.3) is 0 Å². The highest BCUT2D eigenvalue weighted by molar-refractivity contribution is 5.85. The summed E-state index contributed by atoms with van der Waals surface area (Å²) in [7, 11) is 4.02. The number of ketones is 1. The van der Waals surface area contributed by atoms with Crippen LogP contribution in [0.1, 0.15) is 51.9 Å². The van der Waals surface area contributed by atoms with Gasteiger partial charge in [-0.1, -0.05) is 32.6 Å². The maximum atomic E-state index is 11.4. The average molecular weight is 236 g/mol. The maximum absolute atomic E-state index is 11.4. The zero-order valence-corrected chi connectivity index (χ0v) is 11.2. The first-order valence-electron chi connectivity index (χ1n) is 5.83. The lowest BCUT2D eigenvalue weighted by Crippen LogP contribution is -2.16. The molecule has 0 saturated carbocycles. The summed E-state index contributed by atoms with van der Waals surface area (Å²) in [4.78, 5) is 13.4. The molecular weight excluding hydrogens is 210 g/mol. The number of Topliss-reactive ketones (excluding diaryl/α,β-unsaturated/α-hetero) is 1. The molecule has 2 nitrogen and oxygen atoms in total. The van der Waals surface area contributed by atoms with E-state index in [2.05, 4.69) is 11.8 Å². The van der Waals surface area contributed by atoms with Gasteiger partial charge in [0.1, 0.15) is 5.78 Å². The van der Waals surface area contributed by atoms with Crippen LogP contribution in [0.25, 0.3) is 0 Å². The largest absolute Gasteiger partial charge is 0.309 e. The molecule has 0 unspecified atom stereocenters. The Morgan fingerprint density at radius 3 is 2.13 bits per heavy atom. The van der Waals surface area contributed by atoms with Crippen molar-refractivity contribution in [3.63, 3.8) is 0 Å². The number of halogens is 1. The highest BCUT2D eigenvalue weighted by atomic mass is 35.5. The van der Waals surface area contributed by atoms with Crippen LogP contribution >= 0.6 is 12.4 Å². The van der Waals surface area contributed by atoms with E-state index in [1.165, 1.54) is 25.7 Å². The molecule has 0 radical (unpaired) electrons. The van der Waals surface area contributed by atoms with Crippen LogP contribution in [0.5, 0.6) is 0 Å². The Bertz CT molecular complexity index is 149. The van der Waals surface area contributed by atoms with Crippen molar-refractivity contribution in [1.82, 2.24) is 4.90 Å². The molecule has 0 atom stereocenters. The van der Waals surface area contributed by atoms with Crippen LogP contribution in [0, 0.1) is 0 Å². The van der Waals surface area contributed by atoms with E-state index in [9.17, 15) is 4.79 Å². The minimum atomic E-state index is 0. The van der Waals surface area contributed by atoms with Gasteiger partial charge < -0.3 is 4.90 Å². The minimum Gasteiger partial charge on any atom is -0.309 e. The van der Waals surface area contributed by atoms with Crippen molar-refractivity contribution in [3.8, 4) is 0 Å². The molecule has 0 aromatic carbocycles. The molecule has 0 rings (SSSR count). The third kappa shape index (κ3) is 13.9. The van der Waals surface area contributed by atoms with E-state index in [-0.39, 0.29) is 12.4 Å². The Morgan fingerprint density at radius 2 is 1.60 bits per heavy atom. The van der Waals surface area contributed by atoms with Crippen LogP contribution in [0.2, 0.25) is 0 Å². The molecule has 0 aliphatic rings. The van der Waals surface area contributed by atoms with Crippen LogP contribution in [-0.2, 0) is 4.79 Å². The number of nitrogens with zero attached hydrogens (tertiary/aromatic N) is 1. The van der Waals surface area contributed by atoms with E-state index in [1.54, 1.807) is 0 Å². The number of carbonyl (C=O) groups is 1. The van der Waals surface area contributed by atoms with Gasteiger partial charge >= 0.3 is 0 Å². The number of hydrogen-bond acceptors (Lipinski definition) is 2. The summed E-state index contributed by atoms with van der Waals surface area (Å²) in [5.74, 6) is 0.426. The predicted octanol–water partition coefficient (Wildman–Crippen LogP) is 3.29. The van der Waals surface area contributed by atoms with Crippen LogP contribution in [0.15, 0.2) is 0 Å². The second-order valence-electron chi connectivity index (χ2n) is 4.26. The van der Waals surface area contributed by atoms with Crippen molar-refractivity contribution in [2.75, 3.05) is 20.6 Å². The Balaban J connectivity index is 0. The molecule has 0 saturated heterocycles. The van der Waals surface area contributed by atoms with Crippen LogP contribution in [0.3, 0.4) is 0 Å². The zero-order valence-electron chi connectivity index (χ0n) is 10.4. The van der Waals surface area contributed by atoms with Crippen molar-refractivity contribution in [1.29, 1.82) is 0 Å².